The van der Waals surface area contributed by atoms with Gasteiger partial charge in [-0.1, -0.05) is 18.2 Å². The molecule has 17 heteroatoms. The van der Waals surface area contributed by atoms with Crippen molar-refractivity contribution in [3.63, 3.8) is 0 Å². The highest BCUT2D eigenvalue weighted by atomic mass is 32.2. The van der Waals surface area contributed by atoms with Gasteiger partial charge in [-0.05, 0) is 12.1 Å². The van der Waals surface area contributed by atoms with Crippen LogP contribution in [-0.2, 0) is 14.3 Å². The largest absolute Gasteiger partial charge is 0.459 e. The van der Waals surface area contributed by atoms with Crippen molar-refractivity contribution < 1.29 is 69.7 Å². The van der Waals surface area contributed by atoms with Gasteiger partial charge in [-0.25, -0.2) is 0 Å². The van der Waals surface area contributed by atoms with Gasteiger partial charge in [0.1, 0.15) is 0 Å². The maximum atomic E-state index is 13.8. The smallest absolute Gasteiger partial charge is 0.265 e. The topological polar surface area (TPSA) is 43.4 Å². The number of hydrogen-bond acceptors (Lipinski definition) is 3. The SMILES string of the molecule is O=S(=O)(OCC(C(F)(F)F)(C(F)(F)F)C(F)(F)C(F)(F)C(F)(F)F)c1ccccc1. The van der Waals surface area contributed by atoms with Gasteiger partial charge in [0.05, 0.1) is 11.5 Å². The van der Waals surface area contributed by atoms with Crippen LogP contribution >= 0.6 is 0 Å². The number of rotatable bonds is 6. The molecule has 0 heterocycles. The quantitative estimate of drug-likeness (QED) is 0.400. The third-order valence-corrected chi connectivity index (χ3v) is 4.99. The van der Waals surface area contributed by atoms with E-state index in [-0.39, 0.29) is 0 Å². The van der Waals surface area contributed by atoms with E-state index in [1.54, 1.807) is 0 Å². The van der Waals surface area contributed by atoms with Gasteiger partial charge < -0.3 is 0 Å². The molecule has 1 rings (SSSR count). The third-order valence-electron chi connectivity index (χ3n) is 3.72. The predicted molar refractivity (Wildman–Crippen MR) is 70.1 cm³/mol. The van der Waals surface area contributed by atoms with Crippen molar-refractivity contribution >= 4 is 10.1 Å². The van der Waals surface area contributed by atoms with Crippen LogP contribution in [0.4, 0.5) is 57.1 Å². The summed E-state index contributed by atoms with van der Waals surface area (Å²) < 4.78 is 196. The van der Waals surface area contributed by atoms with E-state index < -0.39 is 57.4 Å². The van der Waals surface area contributed by atoms with Crippen LogP contribution in [0.3, 0.4) is 0 Å². The van der Waals surface area contributed by atoms with Crippen LogP contribution in [-0.4, -0.2) is 45.4 Å². The van der Waals surface area contributed by atoms with E-state index in [0.717, 1.165) is 18.2 Å². The van der Waals surface area contributed by atoms with Gasteiger partial charge in [0.25, 0.3) is 15.5 Å². The summed E-state index contributed by atoms with van der Waals surface area (Å²) in [6.07, 6.45) is -22.7. The average molecular weight is 490 g/mol. The highest BCUT2D eigenvalue weighted by molar-refractivity contribution is 7.86. The molecule has 0 fully saturated rings. The molecule has 30 heavy (non-hydrogen) atoms. The number of hydrogen-bond donors (Lipinski definition) is 0. The Labute approximate surface area is 158 Å². The fourth-order valence-electron chi connectivity index (χ4n) is 2.04. The summed E-state index contributed by atoms with van der Waals surface area (Å²) in [6.45, 7) is -3.85. The van der Waals surface area contributed by atoms with Crippen LogP contribution in [0, 0.1) is 5.41 Å². The van der Waals surface area contributed by atoms with E-state index in [9.17, 15) is 65.5 Å². The summed E-state index contributed by atoms with van der Waals surface area (Å²) in [5.41, 5.74) is -7.26. The van der Waals surface area contributed by atoms with Crippen molar-refractivity contribution in [2.45, 2.75) is 35.3 Å². The van der Waals surface area contributed by atoms with Crippen LogP contribution in [0.5, 0.6) is 0 Å². The standard InChI is InChI=1S/C13H7F13O3S/c14-9(15,10(16,17)13(24,25)26)8(11(18,19)20,12(21,22)23)6-29-30(27,28)7-4-2-1-3-5-7/h1-5H,6H2. The first-order chi connectivity index (χ1) is 13.1. The van der Waals surface area contributed by atoms with Crippen LogP contribution in [0.1, 0.15) is 0 Å². The second-order valence-corrected chi connectivity index (χ2v) is 7.19. The molecule has 0 N–H and O–H groups in total. The summed E-state index contributed by atoms with van der Waals surface area (Å²) in [7, 11) is -5.71. The first-order valence-corrected chi connectivity index (χ1v) is 8.37. The summed E-state index contributed by atoms with van der Waals surface area (Å²) in [6, 6.07) is 3.86. The molecule has 0 spiro atoms. The second kappa shape index (κ2) is 7.42. The molecule has 0 radical (unpaired) electrons. The summed E-state index contributed by atoms with van der Waals surface area (Å²) in [5.74, 6) is -15.9. The molecule has 0 aliphatic rings. The van der Waals surface area contributed by atoms with Gasteiger partial charge in [-0.2, -0.15) is 65.5 Å². The first-order valence-electron chi connectivity index (χ1n) is 6.96. The molecule has 0 unspecified atom stereocenters. The van der Waals surface area contributed by atoms with E-state index >= 15 is 0 Å². The highest BCUT2D eigenvalue weighted by Gasteiger charge is 2.92. The molecule has 0 atom stereocenters. The Morgan fingerprint density at radius 1 is 0.633 bits per heavy atom. The molecule has 3 nitrogen and oxygen atoms in total. The zero-order valence-electron chi connectivity index (χ0n) is 13.6. The monoisotopic (exact) mass is 490 g/mol. The zero-order chi connectivity index (χ0) is 24.0. The Bertz CT molecular complexity index is 824. The Morgan fingerprint density at radius 2 is 1.03 bits per heavy atom. The van der Waals surface area contributed by atoms with Crippen LogP contribution < -0.4 is 0 Å². The van der Waals surface area contributed by atoms with E-state index in [1.807, 2.05) is 0 Å². The van der Waals surface area contributed by atoms with Crippen molar-refractivity contribution in [1.82, 2.24) is 0 Å². The Balaban J connectivity index is 3.73. The second-order valence-electron chi connectivity index (χ2n) is 5.58. The molecule has 1 aromatic rings. The lowest BCUT2D eigenvalue weighted by Crippen LogP contribution is -2.72. The number of alkyl halides is 13. The fourth-order valence-corrected chi connectivity index (χ4v) is 3.00. The van der Waals surface area contributed by atoms with Crippen molar-refractivity contribution in [3.05, 3.63) is 30.3 Å². The Hall–Kier alpha value is -1.78. The molecule has 0 amide bonds. The van der Waals surface area contributed by atoms with Gasteiger partial charge in [0, 0.05) is 0 Å². The lowest BCUT2D eigenvalue weighted by Gasteiger charge is -2.44. The molecule has 0 saturated heterocycles. The lowest BCUT2D eigenvalue weighted by molar-refractivity contribution is -0.463. The molecule has 0 bridgehead atoms. The van der Waals surface area contributed by atoms with E-state index in [4.69, 9.17) is 0 Å². The molecule has 0 aromatic heterocycles. The summed E-state index contributed by atoms with van der Waals surface area (Å²) in [4.78, 5) is -1.19. The molecule has 1 aromatic carbocycles. The molecule has 0 saturated carbocycles. The van der Waals surface area contributed by atoms with E-state index in [1.165, 1.54) is 0 Å². The van der Waals surface area contributed by atoms with Crippen molar-refractivity contribution in [1.29, 1.82) is 0 Å². The highest BCUT2D eigenvalue weighted by Crippen LogP contribution is 2.65. The summed E-state index contributed by atoms with van der Waals surface area (Å²) >= 11 is 0. The van der Waals surface area contributed by atoms with Crippen molar-refractivity contribution in [2.24, 2.45) is 5.41 Å². The minimum atomic E-state index is -7.97. The number of halogens is 13. The van der Waals surface area contributed by atoms with Gasteiger partial charge in [0.2, 0.25) is 0 Å². The Kier molecular flexibility index (Phi) is 6.49. The molecular weight excluding hydrogens is 483 g/mol. The molecular formula is C13H7F13O3S. The normalized spacial score (nSPS) is 15.4. The van der Waals surface area contributed by atoms with Gasteiger partial charge >= 0.3 is 30.4 Å². The van der Waals surface area contributed by atoms with Crippen LogP contribution in [0.15, 0.2) is 35.2 Å². The maximum absolute atomic E-state index is 13.8. The van der Waals surface area contributed by atoms with Crippen molar-refractivity contribution in [3.8, 4) is 0 Å². The molecule has 0 aliphatic heterocycles. The maximum Gasteiger partial charge on any atom is 0.459 e. The Morgan fingerprint density at radius 3 is 1.37 bits per heavy atom. The summed E-state index contributed by atoms with van der Waals surface area (Å²) in [5, 5.41) is 0. The fraction of sp³-hybridized carbons (Fsp3) is 0.538. The third kappa shape index (κ3) is 4.04. The predicted octanol–water partition coefficient (Wildman–Crippen LogP) is 5.34. The first kappa shape index (κ1) is 26.3. The minimum absolute atomic E-state index is 0.515. The van der Waals surface area contributed by atoms with Gasteiger partial charge in [-0.3, -0.25) is 4.18 Å². The lowest BCUT2D eigenvalue weighted by atomic mass is 9.76. The van der Waals surface area contributed by atoms with Crippen LogP contribution in [0.25, 0.3) is 0 Å². The zero-order valence-corrected chi connectivity index (χ0v) is 14.5. The number of benzene rings is 1. The van der Waals surface area contributed by atoms with Gasteiger partial charge in [0.15, 0.2) is 0 Å². The van der Waals surface area contributed by atoms with E-state index in [2.05, 4.69) is 4.18 Å². The average Bonchev–Trinajstić information content (AvgIpc) is 2.51. The van der Waals surface area contributed by atoms with Crippen molar-refractivity contribution in [2.75, 3.05) is 6.61 Å². The van der Waals surface area contributed by atoms with Crippen LogP contribution in [0.2, 0.25) is 0 Å². The minimum Gasteiger partial charge on any atom is -0.265 e. The van der Waals surface area contributed by atoms with E-state index in [0.29, 0.717) is 12.1 Å². The molecule has 0 aliphatic carbocycles. The molecule has 174 valence electrons. The van der Waals surface area contributed by atoms with Gasteiger partial charge in [-0.15, -0.1) is 0 Å².